The molecule has 110 valence electrons. The van der Waals surface area contributed by atoms with Crippen molar-refractivity contribution in [3.63, 3.8) is 0 Å². The van der Waals surface area contributed by atoms with E-state index in [0.29, 0.717) is 21.7 Å². The second-order valence-electron chi connectivity index (χ2n) is 4.94. The van der Waals surface area contributed by atoms with Gasteiger partial charge >= 0.3 is 0 Å². The van der Waals surface area contributed by atoms with E-state index in [0.717, 1.165) is 36.1 Å². The van der Waals surface area contributed by atoms with Gasteiger partial charge in [-0.05, 0) is 30.5 Å². The van der Waals surface area contributed by atoms with Crippen LogP contribution in [0.1, 0.15) is 24.6 Å². The standard InChI is InChI=1S/C15H13BrCl2N2O/c16-11-3-1-2-10(8-11)12-13(17)19-15(20-14(12)18)9-4-6-21-7-5-9/h1-3,8-9H,4-7H2. The topological polar surface area (TPSA) is 35.0 Å². The summed E-state index contributed by atoms with van der Waals surface area (Å²) in [5, 5.41) is 0.796. The van der Waals surface area contributed by atoms with Crippen LogP contribution in [0.3, 0.4) is 0 Å². The number of benzene rings is 1. The van der Waals surface area contributed by atoms with Gasteiger partial charge < -0.3 is 4.74 Å². The Balaban J connectivity index is 2.00. The summed E-state index contributed by atoms with van der Waals surface area (Å²) in [4.78, 5) is 8.93. The molecule has 1 aliphatic rings. The Morgan fingerprint density at radius 3 is 2.38 bits per heavy atom. The highest BCUT2D eigenvalue weighted by atomic mass is 79.9. The van der Waals surface area contributed by atoms with Crippen molar-refractivity contribution in [1.82, 2.24) is 9.97 Å². The lowest BCUT2D eigenvalue weighted by molar-refractivity contribution is 0.0836. The van der Waals surface area contributed by atoms with Crippen molar-refractivity contribution in [1.29, 1.82) is 0 Å². The molecule has 2 aromatic rings. The Morgan fingerprint density at radius 2 is 1.76 bits per heavy atom. The predicted octanol–water partition coefficient (Wildman–Crippen LogP) is 5.11. The maximum atomic E-state index is 6.36. The number of hydrogen-bond donors (Lipinski definition) is 0. The molecule has 0 spiro atoms. The molecule has 0 aliphatic carbocycles. The molecular weight excluding hydrogens is 375 g/mol. The van der Waals surface area contributed by atoms with Crippen LogP contribution in [0.5, 0.6) is 0 Å². The molecule has 0 radical (unpaired) electrons. The third kappa shape index (κ3) is 3.39. The van der Waals surface area contributed by atoms with Gasteiger partial charge in [-0.3, -0.25) is 0 Å². The van der Waals surface area contributed by atoms with Gasteiger partial charge in [-0.1, -0.05) is 51.3 Å². The molecule has 6 heteroatoms. The van der Waals surface area contributed by atoms with Gasteiger partial charge in [0.05, 0.1) is 5.56 Å². The summed E-state index contributed by atoms with van der Waals surface area (Å²) >= 11 is 16.2. The number of aromatic nitrogens is 2. The highest BCUT2D eigenvalue weighted by molar-refractivity contribution is 9.10. The van der Waals surface area contributed by atoms with E-state index in [1.54, 1.807) is 0 Å². The monoisotopic (exact) mass is 386 g/mol. The average molecular weight is 388 g/mol. The van der Waals surface area contributed by atoms with Gasteiger partial charge in [0, 0.05) is 23.6 Å². The Hall–Kier alpha value is -0.680. The van der Waals surface area contributed by atoms with Crippen molar-refractivity contribution in [2.24, 2.45) is 0 Å². The second kappa shape index (κ2) is 6.61. The van der Waals surface area contributed by atoms with Crippen LogP contribution < -0.4 is 0 Å². The molecule has 0 saturated carbocycles. The SMILES string of the molecule is Clc1nc(C2CCOCC2)nc(Cl)c1-c1cccc(Br)c1. The minimum atomic E-state index is 0.269. The van der Waals surface area contributed by atoms with Gasteiger partial charge in [0.1, 0.15) is 16.1 Å². The molecular formula is C15H13BrCl2N2O. The molecule has 0 unspecified atom stereocenters. The zero-order chi connectivity index (χ0) is 14.8. The van der Waals surface area contributed by atoms with E-state index in [4.69, 9.17) is 27.9 Å². The van der Waals surface area contributed by atoms with Crippen molar-refractivity contribution in [2.75, 3.05) is 13.2 Å². The third-order valence-corrected chi connectivity index (χ3v) is 4.58. The van der Waals surface area contributed by atoms with Gasteiger partial charge in [-0.25, -0.2) is 9.97 Å². The highest BCUT2D eigenvalue weighted by Gasteiger charge is 2.22. The first-order valence-electron chi connectivity index (χ1n) is 6.72. The maximum Gasteiger partial charge on any atom is 0.142 e. The van der Waals surface area contributed by atoms with Gasteiger partial charge in [-0.15, -0.1) is 0 Å². The Kier molecular flexibility index (Phi) is 4.79. The van der Waals surface area contributed by atoms with Crippen molar-refractivity contribution in [2.45, 2.75) is 18.8 Å². The van der Waals surface area contributed by atoms with Crippen molar-refractivity contribution < 1.29 is 4.74 Å². The minimum Gasteiger partial charge on any atom is -0.381 e. The zero-order valence-electron chi connectivity index (χ0n) is 11.2. The number of halogens is 3. The lowest BCUT2D eigenvalue weighted by Crippen LogP contribution is -2.16. The smallest absolute Gasteiger partial charge is 0.142 e. The van der Waals surface area contributed by atoms with Gasteiger partial charge in [-0.2, -0.15) is 0 Å². The fourth-order valence-electron chi connectivity index (χ4n) is 2.44. The summed E-state index contributed by atoms with van der Waals surface area (Å²) in [5.41, 5.74) is 1.58. The first-order chi connectivity index (χ1) is 10.1. The molecule has 3 nitrogen and oxygen atoms in total. The third-order valence-electron chi connectivity index (χ3n) is 3.54. The van der Waals surface area contributed by atoms with Crippen LogP contribution in [-0.4, -0.2) is 23.2 Å². The molecule has 0 atom stereocenters. The van der Waals surface area contributed by atoms with E-state index < -0.39 is 0 Å². The van der Waals surface area contributed by atoms with E-state index in [2.05, 4.69) is 25.9 Å². The highest BCUT2D eigenvalue weighted by Crippen LogP contribution is 2.35. The van der Waals surface area contributed by atoms with E-state index >= 15 is 0 Å². The summed E-state index contributed by atoms with van der Waals surface area (Å²) in [6, 6.07) is 7.76. The summed E-state index contributed by atoms with van der Waals surface area (Å²) < 4.78 is 6.32. The lowest BCUT2D eigenvalue weighted by atomic mass is 9.99. The number of rotatable bonds is 2. The molecule has 1 aromatic carbocycles. The van der Waals surface area contributed by atoms with Crippen molar-refractivity contribution in [3.05, 3.63) is 44.9 Å². The summed E-state index contributed by atoms with van der Waals surface area (Å²) in [5.74, 6) is 0.984. The molecule has 21 heavy (non-hydrogen) atoms. The van der Waals surface area contributed by atoms with Crippen LogP contribution in [0, 0.1) is 0 Å². The molecule has 1 saturated heterocycles. The molecule has 1 aromatic heterocycles. The van der Waals surface area contributed by atoms with Crippen molar-refractivity contribution in [3.8, 4) is 11.1 Å². The number of ether oxygens (including phenoxy) is 1. The Labute approximate surface area is 141 Å². The minimum absolute atomic E-state index is 0.269. The summed E-state index contributed by atoms with van der Waals surface area (Å²) in [6.07, 6.45) is 1.81. The van der Waals surface area contributed by atoms with E-state index in [1.807, 2.05) is 24.3 Å². The first-order valence-corrected chi connectivity index (χ1v) is 8.26. The van der Waals surface area contributed by atoms with Crippen LogP contribution >= 0.6 is 39.1 Å². The Bertz CT molecular complexity index is 637. The first kappa shape index (κ1) is 15.2. The quantitative estimate of drug-likeness (QED) is 0.671. The average Bonchev–Trinajstić information content (AvgIpc) is 2.47. The van der Waals surface area contributed by atoms with E-state index in [9.17, 15) is 0 Å². The van der Waals surface area contributed by atoms with Crippen LogP contribution in [0.25, 0.3) is 11.1 Å². The summed E-state index contributed by atoms with van der Waals surface area (Å²) in [6.45, 7) is 1.47. The summed E-state index contributed by atoms with van der Waals surface area (Å²) in [7, 11) is 0. The van der Waals surface area contributed by atoms with E-state index in [1.165, 1.54) is 0 Å². The Morgan fingerprint density at radius 1 is 1.10 bits per heavy atom. The molecule has 1 aliphatic heterocycles. The van der Waals surface area contributed by atoms with Crippen LogP contribution in [0.15, 0.2) is 28.7 Å². The fraction of sp³-hybridized carbons (Fsp3) is 0.333. The van der Waals surface area contributed by atoms with Crippen LogP contribution in [0.4, 0.5) is 0 Å². The van der Waals surface area contributed by atoms with Crippen LogP contribution in [0.2, 0.25) is 10.3 Å². The molecule has 0 bridgehead atoms. The fourth-order valence-corrected chi connectivity index (χ4v) is 3.46. The molecule has 2 heterocycles. The molecule has 3 rings (SSSR count). The number of nitrogens with zero attached hydrogens (tertiary/aromatic N) is 2. The van der Waals surface area contributed by atoms with E-state index in [-0.39, 0.29) is 5.92 Å². The second-order valence-corrected chi connectivity index (χ2v) is 6.57. The lowest BCUT2D eigenvalue weighted by Gasteiger charge is -2.21. The maximum absolute atomic E-state index is 6.36. The van der Waals surface area contributed by atoms with Gasteiger partial charge in [0.25, 0.3) is 0 Å². The normalized spacial score (nSPS) is 16.1. The zero-order valence-corrected chi connectivity index (χ0v) is 14.2. The van der Waals surface area contributed by atoms with Gasteiger partial charge in [0.15, 0.2) is 0 Å². The number of hydrogen-bond acceptors (Lipinski definition) is 3. The predicted molar refractivity (Wildman–Crippen MR) is 88.0 cm³/mol. The molecule has 0 amide bonds. The molecule has 1 fully saturated rings. The largest absolute Gasteiger partial charge is 0.381 e. The van der Waals surface area contributed by atoms with Crippen LogP contribution in [-0.2, 0) is 4.74 Å². The van der Waals surface area contributed by atoms with Crippen molar-refractivity contribution >= 4 is 39.1 Å². The van der Waals surface area contributed by atoms with Gasteiger partial charge in [0.2, 0.25) is 0 Å². The molecule has 0 N–H and O–H groups in total.